The quantitative estimate of drug-likeness (QED) is 0.896. The molecule has 1 atom stereocenters. The first-order valence-electron chi connectivity index (χ1n) is 9.34. The molecule has 1 N–H and O–H groups in total. The highest BCUT2D eigenvalue weighted by atomic mass is 16.1. The van der Waals surface area contributed by atoms with Crippen molar-refractivity contribution in [2.24, 2.45) is 7.05 Å². The standard InChI is InChI=1S/C21H30N4O/c1-16-12-17(2)14-18(13-16)21(26)22-15-20(19-6-5-7-24(19)4)25-10-8-23(3)9-11-25/h5-7,12-14,20H,8-11,15H2,1-4H3,(H,22,26). The minimum Gasteiger partial charge on any atom is -0.353 e. The van der Waals surface area contributed by atoms with Gasteiger partial charge >= 0.3 is 0 Å². The number of aromatic nitrogens is 1. The molecule has 0 spiro atoms. The van der Waals surface area contributed by atoms with Crippen molar-refractivity contribution in [2.75, 3.05) is 39.8 Å². The van der Waals surface area contributed by atoms with Crippen LogP contribution >= 0.6 is 0 Å². The van der Waals surface area contributed by atoms with Gasteiger partial charge in [-0.1, -0.05) is 17.2 Å². The van der Waals surface area contributed by atoms with Crippen molar-refractivity contribution in [3.8, 4) is 0 Å². The van der Waals surface area contributed by atoms with Gasteiger partial charge in [0.05, 0.1) is 6.04 Å². The maximum Gasteiger partial charge on any atom is 0.251 e. The maximum atomic E-state index is 12.7. The van der Waals surface area contributed by atoms with Gasteiger partial charge in [0.15, 0.2) is 0 Å². The summed E-state index contributed by atoms with van der Waals surface area (Å²) in [6, 6.07) is 10.4. The Hall–Kier alpha value is -2.11. The van der Waals surface area contributed by atoms with Crippen molar-refractivity contribution in [2.45, 2.75) is 19.9 Å². The number of hydrogen-bond donors (Lipinski definition) is 1. The van der Waals surface area contributed by atoms with Gasteiger partial charge < -0.3 is 14.8 Å². The number of hydrogen-bond acceptors (Lipinski definition) is 3. The lowest BCUT2D eigenvalue weighted by Gasteiger charge is -2.38. The van der Waals surface area contributed by atoms with E-state index < -0.39 is 0 Å². The molecule has 1 aromatic carbocycles. The van der Waals surface area contributed by atoms with Gasteiger partial charge in [-0.15, -0.1) is 0 Å². The molecule has 140 valence electrons. The first kappa shape index (κ1) is 18.7. The Morgan fingerprint density at radius 3 is 2.31 bits per heavy atom. The summed E-state index contributed by atoms with van der Waals surface area (Å²) in [6.07, 6.45) is 2.07. The summed E-state index contributed by atoms with van der Waals surface area (Å²) in [6.45, 7) is 8.84. The summed E-state index contributed by atoms with van der Waals surface area (Å²) >= 11 is 0. The number of nitrogens with zero attached hydrogens (tertiary/aromatic N) is 3. The van der Waals surface area contributed by atoms with E-state index in [9.17, 15) is 4.79 Å². The lowest BCUT2D eigenvalue weighted by Crippen LogP contribution is -2.48. The summed E-state index contributed by atoms with van der Waals surface area (Å²) in [5, 5.41) is 3.17. The molecule has 3 rings (SSSR count). The third-order valence-electron chi connectivity index (χ3n) is 5.24. The van der Waals surface area contributed by atoms with Crippen LogP contribution in [-0.2, 0) is 7.05 Å². The number of carbonyl (C=O) groups is 1. The van der Waals surface area contributed by atoms with Crippen LogP contribution in [0.25, 0.3) is 0 Å². The molecule has 0 bridgehead atoms. The van der Waals surface area contributed by atoms with Crippen LogP contribution in [0.5, 0.6) is 0 Å². The molecule has 2 aromatic rings. The lowest BCUT2D eigenvalue weighted by molar-refractivity contribution is 0.0877. The molecule has 1 aliphatic rings. The second-order valence-electron chi connectivity index (χ2n) is 7.49. The van der Waals surface area contributed by atoms with Crippen molar-refractivity contribution < 1.29 is 4.79 Å². The molecule has 0 saturated carbocycles. The summed E-state index contributed by atoms with van der Waals surface area (Å²) in [7, 11) is 4.24. The summed E-state index contributed by atoms with van der Waals surface area (Å²) < 4.78 is 2.16. The zero-order valence-electron chi connectivity index (χ0n) is 16.3. The summed E-state index contributed by atoms with van der Waals surface area (Å²) in [5.74, 6) is 0.00476. The van der Waals surface area contributed by atoms with Crippen molar-refractivity contribution in [3.05, 3.63) is 58.9 Å². The van der Waals surface area contributed by atoms with Crippen LogP contribution < -0.4 is 5.32 Å². The molecular weight excluding hydrogens is 324 g/mol. The summed E-state index contributed by atoms with van der Waals surface area (Å²) in [5.41, 5.74) is 4.23. The smallest absolute Gasteiger partial charge is 0.251 e. The Bertz CT molecular complexity index is 739. The van der Waals surface area contributed by atoms with Gasteiger partial charge in [-0.05, 0) is 45.2 Å². The maximum absolute atomic E-state index is 12.7. The number of amides is 1. The van der Waals surface area contributed by atoms with Crippen LogP contribution in [0, 0.1) is 13.8 Å². The average molecular weight is 354 g/mol. The van der Waals surface area contributed by atoms with E-state index in [-0.39, 0.29) is 11.9 Å². The minimum atomic E-state index is 0.00476. The molecule has 0 aliphatic carbocycles. The Kier molecular flexibility index (Phi) is 5.79. The molecule has 1 amide bonds. The average Bonchev–Trinajstić information content (AvgIpc) is 3.01. The van der Waals surface area contributed by atoms with E-state index in [4.69, 9.17) is 0 Å². The molecule has 1 aromatic heterocycles. The van der Waals surface area contributed by atoms with Gasteiger partial charge in [0.1, 0.15) is 0 Å². The zero-order valence-corrected chi connectivity index (χ0v) is 16.3. The van der Waals surface area contributed by atoms with Crippen molar-refractivity contribution in [1.29, 1.82) is 0 Å². The fraction of sp³-hybridized carbons (Fsp3) is 0.476. The van der Waals surface area contributed by atoms with Crippen LogP contribution in [-0.4, -0.2) is 60.0 Å². The van der Waals surface area contributed by atoms with Gasteiger partial charge in [0, 0.05) is 57.2 Å². The van der Waals surface area contributed by atoms with Gasteiger partial charge in [-0.2, -0.15) is 0 Å². The second-order valence-corrected chi connectivity index (χ2v) is 7.49. The zero-order chi connectivity index (χ0) is 18.7. The Morgan fingerprint density at radius 1 is 1.08 bits per heavy atom. The topological polar surface area (TPSA) is 40.5 Å². The first-order chi connectivity index (χ1) is 12.4. The van der Waals surface area contributed by atoms with E-state index >= 15 is 0 Å². The molecule has 1 aliphatic heterocycles. The number of aryl methyl sites for hydroxylation is 3. The molecule has 5 nitrogen and oxygen atoms in total. The van der Waals surface area contributed by atoms with E-state index in [0.717, 1.165) is 42.9 Å². The molecule has 1 fully saturated rings. The highest BCUT2D eigenvalue weighted by molar-refractivity contribution is 5.94. The Balaban J connectivity index is 1.73. The van der Waals surface area contributed by atoms with E-state index in [0.29, 0.717) is 6.54 Å². The summed E-state index contributed by atoms with van der Waals surface area (Å²) in [4.78, 5) is 17.5. The highest BCUT2D eigenvalue weighted by Crippen LogP contribution is 2.22. The van der Waals surface area contributed by atoms with Gasteiger partial charge in [-0.3, -0.25) is 9.69 Å². The molecule has 1 unspecified atom stereocenters. The predicted molar refractivity (Wildman–Crippen MR) is 105 cm³/mol. The molecule has 5 heteroatoms. The number of rotatable bonds is 5. The number of piperazine rings is 1. The fourth-order valence-electron chi connectivity index (χ4n) is 3.77. The third-order valence-corrected chi connectivity index (χ3v) is 5.24. The van der Waals surface area contributed by atoms with Crippen molar-refractivity contribution >= 4 is 5.91 Å². The monoisotopic (exact) mass is 354 g/mol. The van der Waals surface area contributed by atoms with Crippen LogP contribution in [0.3, 0.4) is 0 Å². The number of nitrogens with one attached hydrogen (secondary N) is 1. The largest absolute Gasteiger partial charge is 0.353 e. The Morgan fingerprint density at radius 2 is 1.73 bits per heavy atom. The van der Waals surface area contributed by atoms with E-state index in [2.05, 4.69) is 58.2 Å². The SMILES string of the molecule is Cc1cc(C)cc(C(=O)NCC(c2cccn2C)N2CCN(C)CC2)c1. The lowest BCUT2D eigenvalue weighted by atomic mass is 10.1. The molecule has 1 saturated heterocycles. The highest BCUT2D eigenvalue weighted by Gasteiger charge is 2.26. The fourth-order valence-corrected chi connectivity index (χ4v) is 3.77. The van der Waals surface area contributed by atoms with Crippen molar-refractivity contribution in [3.63, 3.8) is 0 Å². The molecular formula is C21H30N4O. The van der Waals surface area contributed by atoms with Gasteiger partial charge in [0.2, 0.25) is 0 Å². The Labute approximate surface area is 156 Å². The van der Waals surface area contributed by atoms with Crippen LogP contribution in [0.4, 0.5) is 0 Å². The van der Waals surface area contributed by atoms with E-state index in [1.807, 2.05) is 26.0 Å². The second kappa shape index (κ2) is 8.06. The van der Waals surface area contributed by atoms with Gasteiger partial charge in [-0.25, -0.2) is 0 Å². The van der Waals surface area contributed by atoms with E-state index in [1.165, 1.54) is 5.69 Å². The molecule has 26 heavy (non-hydrogen) atoms. The van der Waals surface area contributed by atoms with Crippen molar-refractivity contribution in [1.82, 2.24) is 19.7 Å². The predicted octanol–water partition coefficient (Wildman–Crippen LogP) is 2.36. The minimum absolute atomic E-state index is 0.00476. The normalized spacial score (nSPS) is 17.2. The third kappa shape index (κ3) is 4.34. The van der Waals surface area contributed by atoms with Gasteiger partial charge in [0.25, 0.3) is 5.91 Å². The van der Waals surface area contributed by atoms with E-state index in [1.54, 1.807) is 0 Å². The van der Waals surface area contributed by atoms with Crippen LogP contribution in [0.2, 0.25) is 0 Å². The number of carbonyl (C=O) groups excluding carboxylic acids is 1. The first-order valence-corrected chi connectivity index (χ1v) is 9.34. The number of likely N-dealkylation sites (N-methyl/N-ethyl adjacent to an activating group) is 1. The molecule has 0 radical (unpaired) electrons. The van der Waals surface area contributed by atoms with Crippen LogP contribution in [0.15, 0.2) is 36.5 Å². The molecule has 2 heterocycles. The van der Waals surface area contributed by atoms with Crippen LogP contribution in [0.1, 0.15) is 33.2 Å². The number of benzene rings is 1.